The maximum atomic E-state index is 12.1. The number of amides is 1. The first-order valence-corrected chi connectivity index (χ1v) is 10.3. The summed E-state index contributed by atoms with van der Waals surface area (Å²) in [7, 11) is 1.94. The van der Waals surface area contributed by atoms with E-state index < -0.39 is 0 Å². The minimum atomic E-state index is 0.0654. The monoisotopic (exact) mass is 366 g/mol. The Morgan fingerprint density at radius 1 is 1.42 bits per heavy atom. The van der Waals surface area contributed by atoms with Crippen molar-refractivity contribution < 1.29 is 4.79 Å². The number of thioether (sulfide) groups is 1. The van der Waals surface area contributed by atoms with Gasteiger partial charge in [0, 0.05) is 13.6 Å². The summed E-state index contributed by atoms with van der Waals surface area (Å²) < 4.78 is 1.94. The Hall–Kier alpha value is -1.34. The fourth-order valence-corrected chi connectivity index (χ4v) is 3.93. The number of aromatic nitrogens is 3. The lowest BCUT2D eigenvalue weighted by Gasteiger charge is -2.15. The van der Waals surface area contributed by atoms with Gasteiger partial charge in [-0.1, -0.05) is 50.9 Å². The second kappa shape index (κ2) is 9.84. The van der Waals surface area contributed by atoms with Crippen molar-refractivity contribution in [1.29, 1.82) is 0 Å². The van der Waals surface area contributed by atoms with E-state index in [4.69, 9.17) is 0 Å². The van der Waals surface area contributed by atoms with E-state index in [0.29, 0.717) is 11.7 Å². The highest BCUT2D eigenvalue weighted by molar-refractivity contribution is 7.99. The van der Waals surface area contributed by atoms with Gasteiger partial charge in [-0.05, 0) is 23.8 Å². The van der Waals surface area contributed by atoms with Crippen LogP contribution in [0.15, 0.2) is 22.7 Å². The zero-order valence-electron chi connectivity index (χ0n) is 14.6. The van der Waals surface area contributed by atoms with Crippen LogP contribution in [0, 0.1) is 5.92 Å². The van der Waals surface area contributed by atoms with E-state index in [2.05, 4.69) is 29.4 Å². The van der Waals surface area contributed by atoms with Gasteiger partial charge in [0.2, 0.25) is 5.91 Å². The molecule has 0 aliphatic heterocycles. The molecule has 24 heavy (non-hydrogen) atoms. The van der Waals surface area contributed by atoms with Crippen LogP contribution in [0.2, 0.25) is 0 Å². The molecule has 5 nitrogen and oxygen atoms in total. The van der Waals surface area contributed by atoms with Crippen molar-refractivity contribution in [2.45, 2.75) is 44.7 Å². The zero-order chi connectivity index (χ0) is 17.4. The fraction of sp³-hybridized carbons (Fsp3) is 0.588. The highest BCUT2D eigenvalue weighted by atomic mass is 32.2. The summed E-state index contributed by atoms with van der Waals surface area (Å²) in [6, 6.07) is 4.02. The number of unbranched alkanes of at least 4 members (excludes halogenated alkanes) is 1. The summed E-state index contributed by atoms with van der Waals surface area (Å²) in [6.07, 6.45) is 4.74. The van der Waals surface area contributed by atoms with Crippen LogP contribution in [0.3, 0.4) is 0 Å². The summed E-state index contributed by atoms with van der Waals surface area (Å²) in [5.74, 6) is 1.87. The molecule has 132 valence electrons. The van der Waals surface area contributed by atoms with Crippen molar-refractivity contribution in [2.24, 2.45) is 13.0 Å². The van der Waals surface area contributed by atoms with Crippen molar-refractivity contribution >= 4 is 29.0 Å². The second-order valence-electron chi connectivity index (χ2n) is 5.85. The molecule has 2 aromatic rings. The molecule has 1 unspecified atom stereocenters. The first-order chi connectivity index (χ1) is 11.7. The Morgan fingerprint density at radius 2 is 2.25 bits per heavy atom. The average Bonchev–Trinajstić information content (AvgIpc) is 3.23. The van der Waals surface area contributed by atoms with E-state index in [9.17, 15) is 4.79 Å². The van der Waals surface area contributed by atoms with Crippen molar-refractivity contribution in [1.82, 2.24) is 20.1 Å². The van der Waals surface area contributed by atoms with E-state index in [1.54, 1.807) is 11.3 Å². The molecule has 1 N–H and O–H groups in total. The molecule has 1 atom stereocenters. The lowest BCUT2D eigenvalue weighted by atomic mass is 9.99. The van der Waals surface area contributed by atoms with E-state index in [-0.39, 0.29) is 5.91 Å². The van der Waals surface area contributed by atoms with Gasteiger partial charge in [-0.2, -0.15) is 0 Å². The van der Waals surface area contributed by atoms with Gasteiger partial charge in [-0.15, -0.1) is 21.5 Å². The van der Waals surface area contributed by atoms with Crippen LogP contribution in [-0.2, 0) is 11.8 Å². The second-order valence-corrected chi connectivity index (χ2v) is 7.74. The van der Waals surface area contributed by atoms with E-state index >= 15 is 0 Å². The van der Waals surface area contributed by atoms with Crippen molar-refractivity contribution in [3.05, 3.63) is 17.5 Å². The third-order valence-corrected chi connectivity index (χ3v) is 5.93. The van der Waals surface area contributed by atoms with E-state index in [0.717, 1.165) is 28.8 Å². The average molecular weight is 367 g/mol. The number of thiophene rings is 1. The first kappa shape index (κ1) is 19.0. The predicted molar refractivity (Wildman–Crippen MR) is 101 cm³/mol. The van der Waals surface area contributed by atoms with Crippen LogP contribution in [-0.4, -0.2) is 33.0 Å². The van der Waals surface area contributed by atoms with Crippen molar-refractivity contribution in [3.63, 3.8) is 0 Å². The molecule has 1 amide bonds. The number of carbonyl (C=O) groups excluding carboxylic acids is 1. The third kappa shape index (κ3) is 5.34. The fourth-order valence-electron chi connectivity index (χ4n) is 2.44. The molecule has 0 fully saturated rings. The number of rotatable bonds is 10. The lowest BCUT2D eigenvalue weighted by molar-refractivity contribution is -0.118. The first-order valence-electron chi connectivity index (χ1n) is 8.48. The summed E-state index contributed by atoms with van der Waals surface area (Å²) in [5, 5.41) is 14.3. The molecule has 7 heteroatoms. The number of nitrogens with one attached hydrogen (secondary N) is 1. The van der Waals surface area contributed by atoms with Crippen LogP contribution in [0.25, 0.3) is 10.7 Å². The Kier molecular flexibility index (Phi) is 7.78. The highest BCUT2D eigenvalue weighted by Gasteiger charge is 2.14. The Balaban J connectivity index is 1.80. The van der Waals surface area contributed by atoms with Gasteiger partial charge < -0.3 is 9.88 Å². The molecule has 0 aliphatic carbocycles. The Morgan fingerprint density at radius 3 is 2.92 bits per heavy atom. The predicted octanol–water partition coefficient (Wildman–Crippen LogP) is 3.97. The molecule has 0 bridgehead atoms. The van der Waals surface area contributed by atoms with Gasteiger partial charge in [0.05, 0.1) is 10.6 Å². The molecule has 0 aliphatic rings. The van der Waals surface area contributed by atoms with Crippen molar-refractivity contribution in [2.75, 3.05) is 12.3 Å². The summed E-state index contributed by atoms with van der Waals surface area (Å²) in [4.78, 5) is 13.2. The van der Waals surface area contributed by atoms with Gasteiger partial charge in [-0.25, -0.2) is 0 Å². The SMILES string of the molecule is CCCCC(CC)CNC(=O)CSc1nnc(-c2cccs2)n1C. The van der Waals surface area contributed by atoms with Gasteiger partial charge >= 0.3 is 0 Å². The van der Waals surface area contributed by atoms with Crippen LogP contribution in [0.1, 0.15) is 39.5 Å². The topological polar surface area (TPSA) is 59.8 Å². The molecule has 0 saturated heterocycles. The Labute approximate surface area is 152 Å². The van der Waals surface area contributed by atoms with Crippen LogP contribution in [0.4, 0.5) is 0 Å². The minimum absolute atomic E-state index is 0.0654. The molecule has 2 heterocycles. The molecular weight excluding hydrogens is 340 g/mol. The standard InChI is InChI=1S/C17H26N4OS2/c1-4-6-8-13(5-2)11-18-15(22)12-24-17-20-19-16(21(17)3)14-9-7-10-23-14/h7,9-10,13H,4-6,8,11-12H2,1-3H3,(H,18,22). The summed E-state index contributed by atoms with van der Waals surface area (Å²) in [6.45, 7) is 5.16. The van der Waals surface area contributed by atoms with Gasteiger partial charge in [0.25, 0.3) is 0 Å². The molecule has 0 radical (unpaired) electrons. The molecule has 0 spiro atoms. The van der Waals surface area contributed by atoms with Crippen LogP contribution in [0.5, 0.6) is 0 Å². The number of hydrogen-bond acceptors (Lipinski definition) is 5. The van der Waals surface area contributed by atoms with E-state index in [1.807, 2.05) is 29.1 Å². The maximum Gasteiger partial charge on any atom is 0.230 e. The smallest absolute Gasteiger partial charge is 0.230 e. The Bertz CT molecular complexity index is 625. The maximum absolute atomic E-state index is 12.1. The lowest BCUT2D eigenvalue weighted by Crippen LogP contribution is -2.30. The van der Waals surface area contributed by atoms with E-state index in [1.165, 1.54) is 31.0 Å². The summed E-state index contributed by atoms with van der Waals surface area (Å²) in [5.41, 5.74) is 0. The third-order valence-electron chi connectivity index (χ3n) is 4.04. The minimum Gasteiger partial charge on any atom is -0.355 e. The van der Waals surface area contributed by atoms with Crippen LogP contribution < -0.4 is 5.32 Å². The molecular formula is C17H26N4OS2. The van der Waals surface area contributed by atoms with Crippen molar-refractivity contribution in [3.8, 4) is 10.7 Å². The number of hydrogen-bond donors (Lipinski definition) is 1. The largest absolute Gasteiger partial charge is 0.355 e. The molecule has 2 rings (SSSR count). The van der Waals surface area contributed by atoms with Crippen LogP contribution >= 0.6 is 23.1 Å². The number of nitrogens with zero attached hydrogens (tertiary/aromatic N) is 3. The van der Waals surface area contributed by atoms with Gasteiger partial charge in [0.15, 0.2) is 11.0 Å². The van der Waals surface area contributed by atoms with Gasteiger partial charge in [-0.3, -0.25) is 4.79 Å². The number of carbonyl (C=O) groups is 1. The normalized spacial score (nSPS) is 12.3. The highest BCUT2D eigenvalue weighted by Crippen LogP contribution is 2.25. The summed E-state index contributed by atoms with van der Waals surface area (Å²) >= 11 is 3.07. The molecule has 0 saturated carbocycles. The quantitative estimate of drug-likeness (QED) is 0.646. The molecule has 2 aromatic heterocycles. The molecule has 0 aromatic carbocycles. The van der Waals surface area contributed by atoms with Gasteiger partial charge in [0.1, 0.15) is 0 Å². The zero-order valence-corrected chi connectivity index (χ0v) is 16.3.